The van der Waals surface area contributed by atoms with Crippen molar-refractivity contribution in [2.75, 3.05) is 13.1 Å². The Kier molecular flexibility index (Phi) is 3.17. The minimum atomic E-state index is 0.423. The largest absolute Gasteiger partial charge is 0.507 e. The molecule has 0 radical (unpaired) electrons. The van der Waals surface area contributed by atoms with Crippen LogP contribution in [-0.4, -0.2) is 18.2 Å². The van der Waals surface area contributed by atoms with Crippen molar-refractivity contribution in [3.05, 3.63) is 28.3 Å². The second kappa shape index (κ2) is 4.42. The Balaban J connectivity index is 2.33. The van der Waals surface area contributed by atoms with E-state index in [9.17, 15) is 5.11 Å². The smallest absolute Gasteiger partial charge is 0.122 e. The molecular weight excluding hydrogens is 210 g/mol. The molecule has 2 rings (SSSR count). The van der Waals surface area contributed by atoms with Crippen LogP contribution in [0.1, 0.15) is 29.9 Å². The van der Waals surface area contributed by atoms with Gasteiger partial charge in [0.05, 0.1) is 0 Å². The van der Waals surface area contributed by atoms with Gasteiger partial charge in [0.2, 0.25) is 0 Å². The molecule has 82 valence electrons. The summed E-state index contributed by atoms with van der Waals surface area (Å²) < 4.78 is 0. The van der Waals surface area contributed by atoms with Gasteiger partial charge >= 0.3 is 0 Å². The molecule has 1 aromatic carbocycles. The number of hydrogen-bond acceptors (Lipinski definition) is 2. The van der Waals surface area contributed by atoms with Gasteiger partial charge in [-0.05, 0) is 62.0 Å². The standard InChI is InChI=1S/C12H16ClNO/c1-8-6-10(13)7-11(12(8)15)9-2-4-14-5-3-9/h6-7,9,14-15H,2-5H2,1H3. The molecule has 2 N–H and O–H groups in total. The van der Waals surface area contributed by atoms with E-state index in [1.165, 1.54) is 0 Å². The summed E-state index contributed by atoms with van der Waals surface area (Å²) in [6.07, 6.45) is 2.15. The highest BCUT2D eigenvalue weighted by Gasteiger charge is 2.19. The van der Waals surface area contributed by atoms with Crippen LogP contribution in [0.15, 0.2) is 12.1 Å². The summed E-state index contributed by atoms with van der Waals surface area (Å²) in [5.41, 5.74) is 1.89. The lowest BCUT2D eigenvalue weighted by Crippen LogP contribution is -2.26. The van der Waals surface area contributed by atoms with Gasteiger partial charge in [0.15, 0.2) is 0 Å². The maximum atomic E-state index is 10.00. The first kappa shape index (κ1) is 10.8. The van der Waals surface area contributed by atoms with E-state index in [-0.39, 0.29) is 0 Å². The molecule has 1 aliphatic rings. The van der Waals surface area contributed by atoms with Crippen LogP contribution >= 0.6 is 11.6 Å². The number of halogens is 1. The Morgan fingerprint density at radius 1 is 1.33 bits per heavy atom. The number of phenols is 1. The third kappa shape index (κ3) is 2.27. The first-order valence-electron chi connectivity index (χ1n) is 5.38. The van der Waals surface area contributed by atoms with Gasteiger partial charge < -0.3 is 10.4 Å². The first-order valence-corrected chi connectivity index (χ1v) is 5.76. The molecule has 0 bridgehead atoms. The maximum absolute atomic E-state index is 10.00. The van der Waals surface area contributed by atoms with E-state index in [0.29, 0.717) is 11.7 Å². The molecular formula is C12H16ClNO. The van der Waals surface area contributed by atoms with Crippen molar-refractivity contribution >= 4 is 11.6 Å². The van der Waals surface area contributed by atoms with Crippen molar-refractivity contribution in [2.45, 2.75) is 25.7 Å². The second-order valence-electron chi connectivity index (χ2n) is 4.18. The summed E-state index contributed by atoms with van der Waals surface area (Å²) in [5.74, 6) is 0.870. The molecule has 1 fully saturated rings. The van der Waals surface area contributed by atoms with Crippen LogP contribution in [0.5, 0.6) is 5.75 Å². The minimum absolute atomic E-state index is 0.423. The SMILES string of the molecule is Cc1cc(Cl)cc(C2CCNCC2)c1O. The molecule has 0 amide bonds. The number of aryl methyl sites for hydroxylation is 1. The van der Waals surface area contributed by atoms with E-state index in [0.717, 1.165) is 42.1 Å². The van der Waals surface area contributed by atoms with Gasteiger partial charge in [0.1, 0.15) is 5.75 Å². The van der Waals surface area contributed by atoms with Gasteiger partial charge in [-0.2, -0.15) is 0 Å². The fraction of sp³-hybridized carbons (Fsp3) is 0.500. The molecule has 1 aromatic rings. The number of nitrogens with one attached hydrogen (secondary N) is 1. The second-order valence-corrected chi connectivity index (χ2v) is 4.62. The van der Waals surface area contributed by atoms with Crippen molar-refractivity contribution in [1.29, 1.82) is 0 Å². The van der Waals surface area contributed by atoms with E-state index in [2.05, 4.69) is 5.32 Å². The zero-order valence-electron chi connectivity index (χ0n) is 8.89. The third-order valence-corrected chi connectivity index (χ3v) is 3.29. The molecule has 0 atom stereocenters. The Hall–Kier alpha value is -0.730. The summed E-state index contributed by atoms with van der Waals surface area (Å²) in [4.78, 5) is 0. The zero-order valence-corrected chi connectivity index (χ0v) is 9.64. The maximum Gasteiger partial charge on any atom is 0.122 e. The molecule has 3 heteroatoms. The predicted octanol–water partition coefficient (Wildman–Crippen LogP) is 2.82. The predicted molar refractivity (Wildman–Crippen MR) is 62.7 cm³/mol. The summed E-state index contributed by atoms with van der Waals surface area (Å²) in [6, 6.07) is 3.71. The minimum Gasteiger partial charge on any atom is -0.507 e. The lowest BCUT2D eigenvalue weighted by molar-refractivity contribution is 0.422. The van der Waals surface area contributed by atoms with Crippen LogP contribution in [0.3, 0.4) is 0 Å². The molecule has 1 aliphatic heterocycles. The van der Waals surface area contributed by atoms with Gasteiger partial charge in [0.25, 0.3) is 0 Å². The van der Waals surface area contributed by atoms with Crippen molar-refractivity contribution in [3.63, 3.8) is 0 Å². The topological polar surface area (TPSA) is 32.3 Å². The van der Waals surface area contributed by atoms with E-state index < -0.39 is 0 Å². The van der Waals surface area contributed by atoms with E-state index >= 15 is 0 Å². The van der Waals surface area contributed by atoms with E-state index in [1.807, 2.05) is 19.1 Å². The van der Waals surface area contributed by atoms with Crippen LogP contribution in [0, 0.1) is 6.92 Å². The van der Waals surface area contributed by atoms with Gasteiger partial charge in [-0.1, -0.05) is 11.6 Å². The average Bonchev–Trinajstić information content (AvgIpc) is 2.24. The number of piperidine rings is 1. The summed E-state index contributed by atoms with van der Waals surface area (Å²) in [6.45, 7) is 3.94. The highest BCUT2D eigenvalue weighted by molar-refractivity contribution is 6.30. The number of benzene rings is 1. The molecule has 0 spiro atoms. The zero-order chi connectivity index (χ0) is 10.8. The molecule has 0 unspecified atom stereocenters. The summed E-state index contributed by atoms with van der Waals surface area (Å²) in [5, 5.41) is 14.0. The lowest BCUT2D eigenvalue weighted by atomic mass is 9.88. The van der Waals surface area contributed by atoms with Crippen molar-refractivity contribution < 1.29 is 5.11 Å². The van der Waals surface area contributed by atoms with E-state index in [4.69, 9.17) is 11.6 Å². The van der Waals surface area contributed by atoms with Crippen LogP contribution in [0.25, 0.3) is 0 Å². The molecule has 0 saturated carbocycles. The number of hydrogen-bond donors (Lipinski definition) is 2. The van der Waals surface area contributed by atoms with Gasteiger partial charge in [-0.15, -0.1) is 0 Å². The first-order chi connectivity index (χ1) is 7.18. The van der Waals surface area contributed by atoms with Crippen LogP contribution in [0.4, 0.5) is 0 Å². The summed E-state index contributed by atoms with van der Waals surface area (Å²) in [7, 11) is 0. The highest BCUT2D eigenvalue weighted by Crippen LogP contribution is 2.36. The van der Waals surface area contributed by atoms with Crippen LogP contribution in [0.2, 0.25) is 5.02 Å². The van der Waals surface area contributed by atoms with E-state index in [1.54, 1.807) is 0 Å². The van der Waals surface area contributed by atoms with Gasteiger partial charge in [0, 0.05) is 5.02 Å². The molecule has 1 saturated heterocycles. The van der Waals surface area contributed by atoms with Crippen molar-refractivity contribution in [2.24, 2.45) is 0 Å². The molecule has 1 heterocycles. The van der Waals surface area contributed by atoms with Crippen LogP contribution in [-0.2, 0) is 0 Å². The van der Waals surface area contributed by atoms with Gasteiger partial charge in [-0.25, -0.2) is 0 Å². The molecule has 2 nitrogen and oxygen atoms in total. The summed E-state index contributed by atoms with van der Waals surface area (Å²) >= 11 is 6.01. The lowest BCUT2D eigenvalue weighted by Gasteiger charge is -2.24. The molecule has 0 aliphatic carbocycles. The van der Waals surface area contributed by atoms with Crippen LogP contribution < -0.4 is 5.32 Å². The van der Waals surface area contributed by atoms with Crippen molar-refractivity contribution in [1.82, 2.24) is 5.32 Å². The Morgan fingerprint density at radius 2 is 2.00 bits per heavy atom. The normalized spacial score (nSPS) is 18.0. The number of aromatic hydroxyl groups is 1. The van der Waals surface area contributed by atoms with Gasteiger partial charge in [-0.3, -0.25) is 0 Å². The Labute approximate surface area is 95.3 Å². The average molecular weight is 226 g/mol. The highest BCUT2D eigenvalue weighted by atomic mass is 35.5. The third-order valence-electron chi connectivity index (χ3n) is 3.07. The Morgan fingerprint density at radius 3 is 2.67 bits per heavy atom. The van der Waals surface area contributed by atoms with Crippen molar-refractivity contribution in [3.8, 4) is 5.75 Å². The quantitative estimate of drug-likeness (QED) is 0.771. The number of rotatable bonds is 1. The fourth-order valence-electron chi connectivity index (χ4n) is 2.21. The molecule has 0 aromatic heterocycles. The fourth-order valence-corrected chi connectivity index (χ4v) is 2.49. The molecule has 15 heavy (non-hydrogen) atoms. The monoisotopic (exact) mass is 225 g/mol. The number of phenolic OH excluding ortho intramolecular Hbond substituents is 1. The Bertz CT molecular complexity index is 359.